The number of hydrogen-bond donors (Lipinski definition) is 1. The highest BCUT2D eigenvalue weighted by atomic mass is 16.5. The Hall–Kier alpha value is -0.650. The Morgan fingerprint density at radius 3 is 2.78 bits per heavy atom. The molecule has 2 rings (SSSR count). The summed E-state index contributed by atoms with van der Waals surface area (Å²) in [6.07, 6.45) is 3.97. The SMILES string of the molecule is COCCCOCCC1(C(=O)O)CC2CCC1O2. The van der Waals surface area contributed by atoms with E-state index >= 15 is 0 Å². The van der Waals surface area contributed by atoms with Crippen LogP contribution in [0.2, 0.25) is 0 Å². The Morgan fingerprint density at radius 2 is 2.22 bits per heavy atom. The molecule has 5 heteroatoms. The first-order valence-corrected chi connectivity index (χ1v) is 6.64. The second-order valence-electron chi connectivity index (χ2n) is 5.20. The molecule has 3 atom stereocenters. The average molecular weight is 258 g/mol. The van der Waals surface area contributed by atoms with Crippen molar-refractivity contribution in [3.63, 3.8) is 0 Å². The van der Waals surface area contributed by atoms with Gasteiger partial charge in [-0.3, -0.25) is 4.79 Å². The van der Waals surface area contributed by atoms with Crippen LogP contribution in [0.25, 0.3) is 0 Å². The van der Waals surface area contributed by atoms with E-state index in [0.29, 0.717) is 32.7 Å². The fraction of sp³-hybridized carbons (Fsp3) is 0.923. The zero-order valence-corrected chi connectivity index (χ0v) is 10.9. The summed E-state index contributed by atoms with van der Waals surface area (Å²) in [6, 6.07) is 0. The minimum Gasteiger partial charge on any atom is -0.481 e. The Kier molecular flexibility index (Phi) is 4.59. The standard InChI is InChI=1S/C13H22O5/c1-16-6-2-7-17-8-5-13(12(14)15)9-10-3-4-11(13)18-10/h10-11H,2-9H2,1H3,(H,14,15). The van der Waals surface area contributed by atoms with Gasteiger partial charge in [0.2, 0.25) is 0 Å². The molecule has 0 aliphatic carbocycles. The minimum absolute atomic E-state index is 0.109. The van der Waals surface area contributed by atoms with Crippen molar-refractivity contribution in [2.24, 2.45) is 5.41 Å². The van der Waals surface area contributed by atoms with Crippen LogP contribution < -0.4 is 0 Å². The molecule has 2 fully saturated rings. The first-order chi connectivity index (χ1) is 8.69. The number of aliphatic carboxylic acids is 1. The number of rotatable bonds is 8. The summed E-state index contributed by atoms with van der Waals surface area (Å²) in [5, 5.41) is 9.47. The zero-order valence-electron chi connectivity index (χ0n) is 10.9. The number of ether oxygens (including phenoxy) is 3. The van der Waals surface area contributed by atoms with Gasteiger partial charge in [-0.05, 0) is 32.1 Å². The van der Waals surface area contributed by atoms with Crippen LogP contribution in [0.15, 0.2) is 0 Å². The van der Waals surface area contributed by atoms with Crippen LogP contribution >= 0.6 is 0 Å². The Morgan fingerprint density at radius 1 is 1.39 bits per heavy atom. The molecule has 2 saturated heterocycles. The first kappa shape index (κ1) is 13.8. The van der Waals surface area contributed by atoms with Gasteiger partial charge in [0, 0.05) is 26.9 Å². The van der Waals surface area contributed by atoms with E-state index in [1.807, 2.05) is 0 Å². The van der Waals surface area contributed by atoms with E-state index in [1.165, 1.54) is 0 Å². The molecule has 0 spiro atoms. The fourth-order valence-corrected chi connectivity index (χ4v) is 3.06. The maximum atomic E-state index is 11.5. The second-order valence-corrected chi connectivity index (χ2v) is 5.20. The van der Waals surface area contributed by atoms with Crippen LogP contribution in [0.1, 0.15) is 32.1 Å². The monoisotopic (exact) mass is 258 g/mol. The molecule has 0 saturated carbocycles. The maximum Gasteiger partial charge on any atom is 0.312 e. The molecule has 5 nitrogen and oxygen atoms in total. The lowest BCUT2D eigenvalue weighted by atomic mass is 9.72. The van der Waals surface area contributed by atoms with E-state index in [4.69, 9.17) is 14.2 Å². The molecule has 0 amide bonds. The molecule has 0 aromatic carbocycles. The van der Waals surface area contributed by atoms with Crippen LogP contribution in [-0.4, -0.2) is 50.2 Å². The van der Waals surface area contributed by atoms with Crippen molar-refractivity contribution in [3.8, 4) is 0 Å². The molecular formula is C13H22O5. The van der Waals surface area contributed by atoms with Crippen LogP contribution in [0.5, 0.6) is 0 Å². The molecule has 0 aromatic heterocycles. The second kappa shape index (κ2) is 5.99. The van der Waals surface area contributed by atoms with Gasteiger partial charge < -0.3 is 19.3 Å². The molecule has 18 heavy (non-hydrogen) atoms. The highest BCUT2D eigenvalue weighted by Gasteiger charge is 2.56. The zero-order chi connectivity index (χ0) is 13.0. The smallest absolute Gasteiger partial charge is 0.312 e. The van der Waals surface area contributed by atoms with E-state index < -0.39 is 11.4 Å². The molecule has 1 N–H and O–H groups in total. The number of hydrogen-bond acceptors (Lipinski definition) is 4. The lowest BCUT2D eigenvalue weighted by molar-refractivity contribution is -0.154. The van der Waals surface area contributed by atoms with Crippen molar-refractivity contribution < 1.29 is 24.1 Å². The van der Waals surface area contributed by atoms with Crippen molar-refractivity contribution in [3.05, 3.63) is 0 Å². The highest BCUT2D eigenvalue weighted by molar-refractivity contribution is 5.76. The van der Waals surface area contributed by atoms with E-state index in [2.05, 4.69) is 0 Å². The quantitative estimate of drug-likeness (QED) is 0.668. The highest BCUT2D eigenvalue weighted by Crippen LogP contribution is 2.50. The third-order valence-electron chi connectivity index (χ3n) is 4.07. The van der Waals surface area contributed by atoms with Gasteiger partial charge >= 0.3 is 5.97 Å². The molecule has 104 valence electrons. The van der Waals surface area contributed by atoms with Gasteiger partial charge in [-0.25, -0.2) is 0 Å². The van der Waals surface area contributed by atoms with Gasteiger partial charge in [0.25, 0.3) is 0 Å². The van der Waals surface area contributed by atoms with Gasteiger partial charge in [-0.15, -0.1) is 0 Å². The third-order valence-corrected chi connectivity index (χ3v) is 4.07. The Bertz CT molecular complexity index is 293. The minimum atomic E-state index is -0.727. The first-order valence-electron chi connectivity index (χ1n) is 6.64. The molecule has 3 unspecified atom stereocenters. The third kappa shape index (κ3) is 2.68. The topological polar surface area (TPSA) is 65.0 Å². The largest absolute Gasteiger partial charge is 0.481 e. The number of fused-ring (bicyclic) bond motifs is 2. The van der Waals surface area contributed by atoms with Crippen molar-refractivity contribution in [2.75, 3.05) is 26.9 Å². The van der Waals surface area contributed by atoms with Crippen molar-refractivity contribution in [1.82, 2.24) is 0 Å². The van der Waals surface area contributed by atoms with Gasteiger partial charge in [0.05, 0.1) is 17.6 Å². The maximum absolute atomic E-state index is 11.5. The lowest BCUT2D eigenvalue weighted by Gasteiger charge is -2.30. The summed E-state index contributed by atoms with van der Waals surface area (Å²) in [4.78, 5) is 11.5. The number of carboxylic acid groups (broad SMARTS) is 1. The van der Waals surface area contributed by atoms with E-state index in [-0.39, 0.29) is 12.2 Å². The summed E-state index contributed by atoms with van der Waals surface area (Å²) >= 11 is 0. The Labute approximate surface area is 107 Å². The van der Waals surface area contributed by atoms with E-state index in [1.54, 1.807) is 7.11 Å². The predicted octanol–water partition coefficient (Wildman–Crippen LogP) is 1.45. The van der Waals surface area contributed by atoms with Crippen LogP contribution in [0.4, 0.5) is 0 Å². The molecule has 2 aliphatic rings. The van der Waals surface area contributed by atoms with Gasteiger partial charge in [0.1, 0.15) is 0 Å². The Balaban J connectivity index is 1.76. The van der Waals surface area contributed by atoms with Crippen molar-refractivity contribution >= 4 is 5.97 Å². The summed E-state index contributed by atoms with van der Waals surface area (Å²) in [7, 11) is 1.66. The number of methoxy groups -OCH3 is 1. The lowest BCUT2D eigenvalue weighted by Crippen LogP contribution is -2.41. The van der Waals surface area contributed by atoms with Crippen LogP contribution in [0.3, 0.4) is 0 Å². The van der Waals surface area contributed by atoms with Crippen molar-refractivity contribution in [1.29, 1.82) is 0 Å². The number of carboxylic acids is 1. The van der Waals surface area contributed by atoms with Gasteiger partial charge in [0.15, 0.2) is 0 Å². The van der Waals surface area contributed by atoms with Gasteiger partial charge in [-0.1, -0.05) is 0 Å². The predicted molar refractivity (Wildman–Crippen MR) is 64.5 cm³/mol. The summed E-state index contributed by atoms with van der Waals surface area (Å²) in [5.41, 5.74) is -0.704. The molecule has 2 aliphatic heterocycles. The molecule has 0 aromatic rings. The van der Waals surface area contributed by atoms with E-state index in [0.717, 1.165) is 19.3 Å². The molecule has 0 radical (unpaired) electrons. The summed E-state index contributed by atoms with van der Waals surface area (Å²) < 4.78 is 16.1. The van der Waals surface area contributed by atoms with Crippen LogP contribution in [0, 0.1) is 5.41 Å². The van der Waals surface area contributed by atoms with Gasteiger partial charge in [-0.2, -0.15) is 0 Å². The van der Waals surface area contributed by atoms with E-state index in [9.17, 15) is 9.90 Å². The molecular weight excluding hydrogens is 236 g/mol. The molecule has 2 heterocycles. The average Bonchev–Trinajstić information content (AvgIpc) is 2.94. The molecule has 2 bridgehead atoms. The van der Waals surface area contributed by atoms with Crippen LogP contribution in [-0.2, 0) is 19.0 Å². The summed E-state index contributed by atoms with van der Waals surface area (Å²) in [6.45, 7) is 1.79. The summed E-state index contributed by atoms with van der Waals surface area (Å²) in [5.74, 6) is -0.727. The number of carbonyl (C=O) groups is 1. The normalized spacial score (nSPS) is 34.1. The van der Waals surface area contributed by atoms with Crippen molar-refractivity contribution in [2.45, 2.75) is 44.3 Å². The fourth-order valence-electron chi connectivity index (χ4n) is 3.06.